The molecule has 0 aliphatic carbocycles. The lowest BCUT2D eigenvalue weighted by Crippen LogP contribution is -2.09. The number of nitro groups is 1. The summed E-state index contributed by atoms with van der Waals surface area (Å²) in [6, 6.07) is 4.51. The number of nitro benzene ring substituents is 1. The Morgan fingerprint density at radius 1 is 1.58 bits per heavy atom. The fraction of sp³-hybridized carbons (Fsp3) is 0.273. The summed E-state index contributed by atoms with van der Waals surface area (Å²) >= 11 is 1.31. The molecule has 0 saturated carbocycles. The number of nitrogens with one attached hydrogen (secondary N) is 1. The molecule has 0 aliphatic rings. The molecule has 0 atom stereocenters. The minimum Gasteiger partial charge on any atom is -0.469 e. The molecule has 0 amide bonds. The van der Waals surface area contributed by atoms with E-state index in [0.717, 1.165) is 4.70 Å². The Morgan fingerprint density at radius 3 is 3.05 bits per heavy atom. The molecule has 0 radical (unpaired) electrons. The zero-order valence-electron chi connectivity index (χ0n) is 10.1. The molecule has 0 spiro atoms. The number of carbonyl (C=O) groups is 1. The van der Waals surface area contributed by atoms with Crippen LogP contribution in [0.25, 0.3) is 10.2 Å². The number of methoxy groups -OCH3 is 1. The van der Waals surface area contributed by atoms with Crippen LogP contribution < -0.4 is 5.32 Å². The number of thiazole rings is 1. The summed E-state index contributed by atoms with van der Waals surface area (Å²) in [4.78, 5) is 25.4. The number of hydrogen-bond donors (Lipinski definition) is 1. The van der Waals surface area contributed by atoms with Crippen LogP contribution in [0, 0.1) is 10.1 Å². The third kappa shape index (κ3) is 3.16. The number of ether oxygens (including phenoxy) is 1. The Labute approximate surface area is 112 Å². The standard InChI is InChI=1S/C11H11N3O4S/c1-18-10(15)4-5-12-11-13-8-3-2-7(14(16)17)6-9(8)19-11/h2-3,6H,4-5H2,1H3,(H,12,13). The van der Waals surface area contributed by atoms with Crippen molar-refractivity contribution in [1.82, 2.24) is 4.98 Å². The molecule has 0 unspecified atom stereocenters. The van der Waals surface area contributed by atoms with Gasteiger partial charge in [-0.2, -0.15) is 0 Å². The summed E-state index contributed by atoms with van der Waals surface area (Å²) in [5, 5.41) is 14.3. The lowest BCUT2D eigenvalue weighted by molar-refractivity contribution is -0.384. The molecule has 7 nitrogen and oxygen atoms in total. The Bertz CT molecular complexity index is 625. The summed E-state index contributed by atoms with van der Waals surface area (Å²) in [5.74, 6) is -0.302. The highest BCUT2D eigenvalue weighted by atomic mass is 32.1. The predicted molar refractivity (Wildman–Crippen MR) is 71.4 cm³/mol. The van der Waals surface area contributed by atoms with Gasteiger partial charge in [-0.1, -0.05) is 11.3 Å². The summed E-state index contributed by atoms with van der Waals surface area (Å²) in [6.07, 6.45) is 0.243. The van der Waals surface area contributed by atoms with Crippen LogP contribution in [-0.4, -0.2) is 29.5 Å². The molecule has 19 heavy (non-hydrogen) atoms. The molecule has 2 aromatic rings. The van der Waals surface area contributed by atoms with Gasteiger partial charge < -0.3 is 10.1 Å². The molecule has 0 aliphatic heterocycles. The van der Waals surface area contributed by atoms with E-state index >= 15 is 0 Å². The number of hydrogen-bond acceptors (Lipinski definition) is 7. The number of esters is 1. The van der Waals surface area contributed by atoms with E-state index in [1.54, 1.807) is 6.07 Å². The normalized spacial score (nSPS) is 10.4. The number of nitrogens with zero attached hydrogens (tertiary/aromatic N) is 2. The van der Waals surface area contributed by atoms with Crippen LogP contribution in [0.5, 0.6) is 0 Å². The predicted octanol–water partition coefficient (Wildman–Crippen LogP) is 2.18. The topological polar surface area (TPSA) is 94.4 Å². The SMILES string of the molecule is COC(=O)CCNc1nc2ccc([N+](=O)[O-])cc2s1. The van der Waals surface area contributed by atoms with Gasteiger partial charge in [0.05, 0.1) is 28.7 Å². The molecule has 8 heteroatoms. The lowest BCUT2D eigenvalue weighted by atomic mass is 10.3. The van der Waals surface area contributed by atoms with Crippen LogP contribution in [0.1, 0.15) is 6.42 Å². The van der Waals surface area contributed by atoms with Crippen molar-refractivity contribution in [3.8, 4) is 0 Å². The van der Waals surface area contributed by atoms with Gasteiger partial charge in [-0.3, -0.25) is 14.9 Å². The van der Waals surface area contributed by atoms with Gasteiger partial charge in [0, 0.05) is 18.7 Å². The van der Waals surface area contributed by atoms with E-state index in [4.69, 9.17) is 0 Å². The van der Waals surface area contributed by atoms with Crippen LogP contribution >= 0.6 is 11.3 Å². The van der Waals surface area contributed by atoms with Crippen molar-refractivity contribution in [1.29, 1.82) is 0 Å². The van der Waals surface area contributed by atoms with Gasteiger partial charge in [0.25, 0.3) is 5.69 Å². The monoisotopic (exact) mass is 281 g/mol. The van der Waals surface area contributed by atoms with Gasteiger partial charge in [0.15, 0.2) is 5.13 Å². The first kappa shape index (κ1) is 13.2. The largest absolute Gasteiger partial charge is 0.469 e. The Hall–Kier alpha value is -2.22. The zero-order valence-corrected chi connectivity index (χ0v) is 10.9. The van der Waals surface area contributed by atoms with E-state index in [9.17, 15) is 14.9 Å². The number of rotatable bonds is 5. The van der Waals surface area contributed by atoms with Gasteiger partial charge in [-0.05, 0) is 6.07 Å². The molecule has 0 saturated heterocycles. The fourth-order valence-corrected chi connectivity index (χ4v) is 2.40. The minimum absolute atomic E-state index is 0.0391. The first-order valence-corrected chi connectivity index (χ1v) is 6.27. The highest BCUT2D eigenvalue weighted by Gasteiger charge is 2.10. The van der Waals surface area contributed by atoms with Gasteiger partial charge in [-0.15, -0.1) is 0 Å². The Balaban J connectivity index is 2.09. The zero-order chi connectivity index (χ0) is 13.8. The maximum atomic E-state index is 10.9. The number of anilines is 1. The van der Waals surface area contributed by atoms with Crippen molar-refractivity contribution >= 4 is 38.3 Å². The van der Waals surface area contributed by atoms with Crippen molar-refractivity contribution in [3.05, 3.63) is 28.3 Å². The van der Waals surface area contributed by atoms with Crippen LogP contribution in [0.15, 0.2) is 18.2 Å². The Morgan fingerprint density at radius 2 is 2.37 bits per heavy atom. The Kier molecular flexibility index (Phi) is 3.91. The summed E-state index contributed by atoms with van der Waals surface area (Å²) in [5.41, 5.74) is 0.730. The average Bonchev–Trinajstić information content (AvgIpc) is 2.79. The van der Waals surface area contributed by atoms with Crippen molar-refractivity contribution in [3.63, 3.8) is 0 Å². The first-order chi connectivity index (χ1) is 9.10. The van der Waals surface area contributed by atoms with E-state index in [0.29, 0.717) is 17.2 Å². The van der Waals surface area contributed by atoms with Crippen molar-refractivity contribution < 1.29 is 14.5 Å². The molecule has 0 bridgehead atoms. The van der Waals surface area contributed by atoms with E-state index in [-0.39, 0.29) is 18.1 Å². The van der Waals surface area contributed by atoms with Crippen molar-refractivity contribution in [2.24, 2.45) is 0 Å². The first-order valence-electron chi connectivity index (χ1n) is 5.46. The van der Waals surface area contributed by atoms with E-state index in [1.807, 2.05) is 0 Å². The summed E-state index contributed by atoms with van der Waals surface area (Å²) in [6.45, 7) is 0.411. The molecule has 1 heterocycles. The highest BCUT2D eigenvalue weighted by molar-refractivity contribution is 7.22. The number of non-ortho nitro benzene ring substituents is 1. The third-order valence-electron chi connectivity index (χ3n) is 2.42. The maximum absolute atomic E-state index is 10.9. The maximum Gasteiger partial charge on any atom is 0.307 e. The number of fused-ring (bicyclic) bond motifs is 1. The molecular weight excluding hydrogens is 270 g/mol. The van der Waals surface area contributed by atoms with Crippen molar-refractivity contribution in [2.75, 3.05) is 19.0 Å². The minimum atomic E-state index is -0.441. The lowest BCUT2D eigenvalue weighted by Gasteiger charge is -2.00. The molecule has 1 aromatic heterocycles. The van der Waals surface area contributed by atoms with Gasteiger partial charge in [-0.25, -0.2) is 4.98 Å². The summed E-state index contributed by atoms with van der Waals surface area (Å²) in [7, 11) is 1.33. The summed E-state index contributed by atoms with van der Waals surface area (Å²) < 4.78 is 5.25. The highest BCUT2D eigenvalue weighted by Crippen LogP contribution is 2.28. The smallest absolute Gasteiger partial charge is 0.307 e. The van der Waals surface area contributed by atoms with Crippen LogP contribution in [-0.2, 0) is 9.53 Å². The third-order valence-corrected chi connectivity index (χ3v) is 3.39. The van der Waals surface area contributed by atoms with Crippen LogP contribution in [0.2, 0.25) is 0 Å². The molecule has 1 aromatic carbocycles. The van der Waals surface area contributed by atoms with Crippen LogP contribution in [0.4, 0.5) is 10.8 Å². The number of carbonyl (C=O) groups excluding carboxylic acids is 1. The van der Waals surface area contributed by atoms with Gasteiger partial charge >= 0.3 is 5.97 Å². The number of aromatic nitrogens is 1. The quantitative estimate of drug-likeness (QED) is 0.513. The average molecular weight is 281 g/mol. The molecule has 0 fully saturated rings. The molecule has 2 rings (SSSR count). The second-order valence-electron chi connectivity index (χ2n) is 3.68. The van der Waals surface area contributed by atoms with Gasteiger partial charge in [0.1, 0.15) is 0 Å². The fourth-order valence-electron chi connectivity index (χ4n) is 1.48. The molecule has 1 N–H and O–H groups in total. The van der Waals surface area contributed by atoms with E-state index in [1.165, 1.54) is 30.6 Å². The van der Waals surface area contributed by atoms with E-state index < -0.39 is 4.92 Å². The van der Waals surface area contributed by atoms with Gasteiger partial charge in [0.2, 0.25) is 0 Å². The molecule has 100 valence electrons. The second kappa shape index (κ2) is 5.61. The van der Waals surface area contributed by atoms with Crippen LogP contribution in [0.3, 0.4) is 0 Å². The van der Waals surface area contributed by atoms with E-state index in [2.05, 4.69) is 15.0 Å². The molecular formula is C11H11N3O4S. The number of benzene rings is 1. The van der Waals surface area contributed by atoms with Crippen molar-refractivity contribution in [2.45, 2.75) is 6.42 Å². The second-order valence-corrected chi connectivity index (χ2v) is 4.71.